The molecule has 1 fully saturated rings. The van der Waals surface area contributed by atoms with Crippen LogP contribution in [0.15, 0.2) is 30.3 Å². The van der Waals surface area contributed by atoms with Crippen LogP contribution < -0.4 is 5.32 Å². The summed E-state index contributed by atoms with van der Waals surface area (Å²) in [4.78, 5) is 12.3. The van der Waals surface area contributed by atoms with E-state index in [-0.39, 0.29) is 11.9 Å². The number of aryl methyl sites for hydroxylation is 2. The molecule has 0 saturated heterocycles. The van der Waals surface area contributed by atoms with Gasteiger partial charge >= 0.3 is 0 Å². The summed E-state index contributed by atoms with van der Waals surface area (Å²) in [6, 6.07) is 7.67. The van der Waals surface area contributed by atoms with E-state index in [9.17, 15) is 4.79 Å². The Labute approximate surface area is 151 Å². The molecular weight excluding hydrogens is 345 g/mol. The van der Waals surface area contributed by atoms with Crippen LogP contribution in [0.5, 0.6) is 0 Å². The van der Waals surface area contributed by atoms with Crippen molar-refractivity contribution in [2.24, 2.45) is 13.0 Å². The van der Waals surface area contributed by atoms with Gasteiger partial charge in [-0.15, -0.1) is 0 Å². The summed E-state index contributed by atoms with van der Waals surface area (Å²) >= 11 is 12.1. The minimum absolute atomic E-state index is 0.0184. The zero-order valence-electron chi connectivity index (χ0n) is 13.6. The molecule has 1 N–H and O–H groups in total. The van der Waals surface area contributed by atoms with E-state index in [1.54, 1.807) is 17.8 Å². The van der Waals surface area contributed by atoms with Gasteiger partial charge in [0.15, 0.2) is 0 Å². The van der Waals surface area contributed by atoms with Crippen molar-refractivity contribution >= 4 is 35.2 Å². The van der Waals surface area contributed by atoms with Crippen LogP contribution in [0, 0.1) is 12.8 Å². The number of benzene rings is 1. The molecule has 0 bridgehead atoms. The highest BCUT2D eigenvalue weighted by Crippen LogP contribution is 2.41. The zero-order valence-corrected chi connectivity index (χ0v) is 15.1. The van der Waals surface area contributed by atoms with Crippen molar-refractivity contribution in [1.82, 2.24) is 15.1 Å². The second-order valence-corrected chi connectivity index (χ2v) is 6.92. The highest BCUT2D eigenvalue weighted by Gasteiger charge is 2.33. The molecule has 1 aliphatic carbocycles. The number of aromatic nitrogens is 2. The lowest BCUT2D eigenvalue weighted by atomic mass is 10.0. The third-order valence-electron chi connectivity index (χ3n) is 4.22. The topological polar surface area (TPSA) is 46.9 Å². The Morgan fingerprint density at radius 2 is 2.00 bits per heavy atom. The van der Waals surface area contributed by atoms with Crippen LogP contribution in [0.1, 0.15) is 35.7 Å². The monoisotopic (exact) mass is 363 g/mol. The molecule has 24 heavy (non-hydrogen) atoms. The first kappa shape index (κ1) is 17.1. The summed E-state index contributed by atoms with van der Waals surface area (Å²) in [5.74, 6) is 0.355. The second kappa shape index (κ2) is 6.99. The van der Waals surface area contributed by atoms with Gasteiger partial charge in [-0.05, 0) is 49.5 Å². The first-order valence-electron chi connectivity index (χ1n) is 7.89. The van der Waals surface area contributed by atoms with Gasteiger partial charge in [0.2, 0.25) is 5.91 Å². The summed E-state index contributed by atoms with van der Waals surface area (Å²) in [6.07, 6.45) is 5.49. The Kier molecular flexibility index (Phi) is 4.97. The number of carbonyl (C=O) groups excluding carboxylic acids is 1. The summed E-state index contributed by atoms with van der Waals surface area (Å²) in [6.45, 7) is 1.87. The maximum absolute atomic E-state index is 12.3. The summed E-state index contributed by atoms with van der Waals surface area (Å²) in [7, 11) is 1.77. The third kappa shape index (κ3) is 3.82. The van der Waals surface area contributed by atoms with Gasteiger partial charge < -0.3 is 5.32 Å². The first-order chi connectivity index (χ1) is 11.5. The number of hydrogen-bond donors (Lipinski definition) is 1. The average Bonchev–Trinajstić information content (AvgIpc) is 3.34. The number of rotatable bonds is 5. The summed E-state index contributed by atoms with van der Waals surface area (Å²) in [5, 5.41) is 8.54. The minimum atomic E-state index is -0.138. The highest BCUT2D eigenvalue weighted by atomic mass is 35.5. The Morgan fingerprint density at radius 3 is 2.54 bits per heavy atom. The van der Waals surface area contributed by atoms with Crippen molar-refractivity contribution in [3.63, 3.8) is 0 Å². The first-order valence-corrected chi connectivity index (χ1v) is 8.64. The van der Waals surface area contributed by atoms with Crippen molar-refractivity contribution in [3.8, 4) is 0 Å². The summed E-state index contributed by atoms with van der Waals surface area (Å²) in [5.41, 5.74) is 2.64. The average molecular weight is 364 g/mol. The van der Waals surface area contributed by atoms with Gasteiger partial charge in [0.05, 0.1) is 11.7 Å². The van der Waals surface area contributed by atoms with Gasteiger partial charge in [0.1, 0.15) is 5.15 Å². The Bertz CT molecular complexity index is 776. The SMILES string of the molecule is Cc1nn(C)c(Cl)c1/C=C/C(=O)NC(c1ccc(Cl)cc1)C1CC1. The Morgan fingerprint density at radius 1 is 1.33 bits per heavy atom. The molecule has 0 radical (unpaired) electrons. The van der Waals surface area contributed by atoms with Crippen LogP contribution >= 0.6 is 23.2 Å². The van der Waals surface area contributed by atoms with Crippen molar-refractivity contribution in [2.75, 3.05) is 0 Å². The lowest BCUT2D eigenvalue weighted by Gasteiger charge is -2.18. The van der Waals surface area contributed by atoms with E-state index in [1.165, 1.54) is 6.08 Å². The highest BCUT2D eigenvalue weighted by molar-refractivity contribution is 6.31. The van der Waals surface area contributed by atoms with Gasteiger partial charge in [-0.2, -0.15) is 5.10 Å². The second-order valence-electron chi connectivity index (χ2n) is 6.12. The Hall–Kier alpha value is -1.78. The molecule has 1 atom stereocenters. The summed E-state index contributed by atoms with van der Waals surface area (Å²) < 4.78 is 1.59. The fourth-order valence-electron chi connectivity index (χ4n) is 2.77. The number of hydrogen-bond acceptors (Lipinski definition) is 2. The molecule has 1 aromatic carbocycles. The van der Waals surface area contributed by atoms with Crippen LogP contribution in [0.3, 0.4) is 0 Å². The van der Waals surface area contributed by atoms with E-state index >= 15 is 0 Å². The van der Waals surface area contributed by atoms with Crippen molar-refractivity contribution < 1.29 is 4.79 Å². The zero-order chi connectivity index (χ0) is 17.3. The molecule has 1 amide bonds. The predicted octanol–water partition coefficient (Wildman–Crippen LogP) is 4.32. The molecular formula is C18H19Cl2N3O. The maximum Gasteiger partial charge on any atom is 0.244 e. The molecule has 1 heterocycles. The van der Waals surface area contributed by atoms with E-state index in [1.807, 2.05) is 31.2 Å². The molecule has 4 nitrogen and oxygen atoms in total. The standard InChI is InChI=1S/C18H19Cl2N3O/c1-11-15(18(20)23(2)22-11)9-10-16(24)21-17(12-3-4-12)13-5-7-14(19)8-6-13/h5-10,12,17H,3-4H2,1-2H3,(H,21,24)/b10-9+. The smallest absolute Gasteiger partial charge is 0.244 e. The number of amides is 1. The largest absolute Gasteiger partial charge is 0.345 e. The van der Waals surface area contributed by atoms with Gasteiger partial charge in [-0.3, -0.25) is 9.48 Å². The van der Waals surface area contributed by atoms with Gasteiger partial charge in [0, 0.05) is 23.7 Å². The molecule has 0 spiro atoms. The molecule has 1 saturated carbocycles. The van der Waals surface area contributed by atoms with Crippen LogP contribution in [0.2, 0.25) is 10.2 Å². The van der Waals surface area contributed by atoms with Gasteiger partial charge in [-0.1, -0.05) is 35.3 Å². The molecule has 3 rings (SSSR count). The molecule has 0 aliphatic heterocycles. The van der Waals surface area contributed by atoms with E-state index in [4.69, 9.17) is 23.2 Å². The van der Waals surface area contributed by atoms with E-state index in [0.29, 0.717) is 16.1 Å². The lowest BCUT2D eigenvalue weighted by molar-refractivity contribution is -0.117. The number of nitrogens with zero attached hydrogens (tertiary/aromatic N) is 2. The van der Waals surface area contributed by atoms with Crippen molar-refractivity contribution in [3.05, 3.63) is 57.3 Å². The van der Waals surface area contributed by atoms with Crippen LogP contribution in [0.25, 0.3) is 6.08 Å². The molecule has 6 heteroatoms. The van der Waals surface area contributed by atoms with E-state index in [2.05, 4.69) is 10.4 Å². The van der Waals surface area contributed by atoms with E-state index in [0.717, 1.165) is 29.7 Å². The number of halogens is 2. The van der Waals surface area contributed by atoms with E-state index < -0.39 is 0 Å². The fraction of sp³-hybridized carbons (Fsp3) is 0.333. The maximum atomic E-state index is 12.3. The van der Waals surface area contributed by atoms with Crippen LogP contribution in [-0.4, -0.2) is 15.7 Å². The number of nitrogens with one attached hydrogen (secondary N) is 1. The predicted molar refractivity (Wildman–Crippen MR) is 97.0 cm³/mol. The van der Waals surface area contributed by atoms with Crippen LogP contribution in [-0.2, 0) is 11.8 Å². The van der Waals surface area contributed by atoms with Crippen LogP contribution in [0.4, 0.5) is 0 Å². The minimum Gasteiger partial charge on any atom is -0.345 e. The molecule has 1 aromatic heterocycles. The molecule has 1 unspecified atom stereocenters. The fourth-order valence-corrected chi connectivity index (χ4v) is 3.13. The van der Waals surface area contributed by atoms with Crippen molar-refractivity contribution in [1.29, 1.82) is 0 Å². The number of carbonyl (C=O) groups is 1. The Balaban J connectivity index is 1.72. The van der Waals surface area contributed by atoms with Crippen molar-refractivity contribution in [2.45, 2.75) is 25.8 Å². The quantitative estimate of drug-likeness (QED) is 0.804. The normalized spacial score (nSPS) is 15.7. The lowest BCUT2D eigenvalue weighted by Crippen LogP contribution is -2.28. The third-order valence-corrected chi connectivity index (χ3v) is 4.92. The van der Waals surface area contributed by atoms with Gasteiger partial charge in [0.25, 0.3) is 0 Å². The molecule has 126 valence electrons. The molecule has 1 aliphatic rings. The molecule has 2 aromatic rings. The van der Waals surface area contributed by atoms with Gasteiger partial charge in [-0.25, -0.2) is 0 Å².